The van der Waals surface area contributed by atoms with Gasteiger partial charge in [0.25, 0.3) is 0 Å². The van der Waals surface area contributed by atoms with Crippen LogP contribution in [0.15, 0.2) is 0 Å². The van der Waals surface area contributed by atoms with Crippen molar-refractivity contribution in [1.29, 1.82) is 0 Å². The van der Waals surface area contributed by atoms with E-state index in [2.05, 4.69) is 13.8 Å². The summed E-state index contributed by atoms with van der Waals surface area (Å²) >= 11 is 0. The standard InChI is InChI=1S/C31H62O3/c1-4-6-8-10-12-14-16-18-20-22-24-33-30-26-29(32-3)27-31(28-30)34-25-23-21-19-17-15-13-11-9-7-5-2/h29-31H,4-28H2,1-3H3. The molecule has 1 aliphatic carbocycles. The molecule has 0 amide bonds. The molecule has 204 valence electrons. The van der Waals surface area contributed by atoms with Gasteiger partial charge in [-0.05, 0) is 32.1 Å². The average molecular weight is 483 g/mol. The highest BCUT2D eigenvalue weighted by molar-refractivity contribution is 4.81. The summed E-state index contributed by atoms with van der Waals surface area (Å²) < 4.78 is 18.2. The molecule has 3 nitrogen and oxygen atoms in total. The Balaban J connectivity index is 1.99. The molecule has 1 aliphatic rings. The summed E-state index contributed by atoms with van der Waals surface area (Å²) in [5.74, 6) is 0. The molecule has 0 aromatic rings. The highest BCUT2D eigenvalue weighted by Crippen LogP contribution is 2.26. The normalized spacial score (nSPS) is 20.7. The van der Waals surface area contributed by atoms with E-state index in [0.29, 0.717) is 18.3 Å². The average Bonchev–Trinajstić information content (AvgIpc) is 2.85. The topological polar surface area (TPSA) is 27.7 Å². The number of hydrogen-bond donors (Lipinski definition) is 0. The first-order chi connectivity index (χ1) is 16.8. The summed E-state index contributed by atoms with van der Waals surface area (Å²) in [6, 6.07) is 0. The first kappa shape index (κ1) is 31.9. The molecule has 0 bridgehead atoms. The smallest absolute Gasteiger partial charge is 0.0624 e. The monoisotopic (exact) mass is 482 g/mol. The molecule has 0 saturated heterocycles. The van der Waals surface area contributed by atoms with Crippen molar-refractivity contribution in [3.8, 4) is 0 Å². The maximum Gasteiger partial charge on any atom is 0.0624 e. The van der Waals surface area contributed by atoms with Crippen LogP contribution in [0.25, 0.3) is 0 Å². The van der Waals surface area contributed by atoms with Crippen molar-refractivity contribution in [2.45, 2.75) is 180 Å². The summed E-state index contributed by atoms with van der Waals surface area (Å²) in [4.78, 5) is 0. The lowest BCUT2D eigenvalue weighted by Gasteiger charge is -2.34. The molecule has 1 fully saturated rings. The SMILES string of the molecule is CCCCCCCCCCCCOC1CC(OC)CC(OCCCCCCCCCCCC)C1. The van der Waals surface area contributed by atoms with Gasteiger partial charge in [-0.15, -0.1) is 0 Å². The lowest BCUT2D eigenvalue weighted by atomic mass is 9.92. The molecule has 2 atom stereocenters. The van der Waals surface area contributed by atoms with Crippen molar-refractivity contribution in [3.63, 3.8) is 0 Å². The second-order valence-electron chi connectivity index (χ2n) is 10.9. The molecule has 3 heteroatoms. The van der Waals surface area contributed by atoms with Gasteiger partial charge in [0.15, 0.2) is 0 Å². The van der Waals surface area contributed by atoms with Crippen LogP contribution in [0.1, 0.15) is 162 Å². The van der Waals surface area contributed by atoms with E-state index in [-0.39, 0.29) is 0 Å². The molecule has 0 aliphatic heterocycles. The van der Waals surface area contributed by atoms with Crippen LogP contribution >= 0.6 is 0 Å². The Bertz CT molecular complexity index is 366. The third-order valence-electron chi connectivity index (χ3n) is 7.61. The minimum absolute atomic E-state index is 0.296. The van der Waals surface area contributed by atoms with Crippen LogP contribution in [0.5, 0.6) is 0 Å². The second kappa shape index (κ2) is 24.6. The molecule has 0 heterocycles. The molecule has 34 heavy (non-hydrogen) atoms. The van der Waals surface area contributed by atoms with Crippen molar-refractivity contribution >= 4 is 0 Å². The highest BCUT2D eigenvalue weighted by Gasteiger charge is 2.29. The molecule has 1 rings (SSSR count). The van der Waals surface area contributed by atoms with E-state index in [9.17, 15) is 0 Å². The van der Waals surface area contributed by atoms with Crippen LogP contribution in [-0.2, 0) is 14.2 Å². The summed E-state index contributed by atoms with van der Waals surface area (Å²) in [5, 5.41) is 0. The molecule has 0 N–H and O–H groups in total. The fourth-order valence-electron chi connectivity index (χ4n) is 5.31. The van der Waals surface area contributed by atoms with E-state index in [1.807, 2.05) is 7.11 Å². The van der Waals surface area contributed by atoms with Crippen LogP contribution in [0.2, 0.25) is 0 Å². The quantitative estimate of drug-likeness (QED) is 0.121. The van der Waals surface area contributed by atoms with E-state index in [4.69, 9.17) is 14.2 Å². The first-order valence-electron chi connectivity index (χ1n) is 15.6. The molecule has 2 unspecified atom stereocenters. The number of rotatable bonds is 25. The van der Waals surface area contributed by atoms with Crippen molar-refractivity contribution in [2.24, 2.45) is 0 Å². The molecule has 0 radical (unpaired) electrons. The van der Waals surface area contributed by atoms with E-state index in [1.165, 1.54) is 128 Å². The molecular formula is C31H62O3. The van der Waals surface area contributed by atoms with Gasteiger partial charge in [0.1, 0.15) is 0 Å². The Morgan fingerprint density at radius 1 is 0.412 bits per heavy atom. The molecule has 0 aromatic carbocycles. The molecule has 1 saturated carbocycles. The van der Waals surface area contributed by atoms with Gasteiger partial charge < -0.3 is 14.2 Å². The van der Waals surface area contributed by atoms with E-state index in [0.717, 1.165) is 32.5 Å². The fraction of sp³-hybridized carbons (Fsp3) is 1.00. The van der Waals surface area contributed by atoms with Crippen LogP contribution in [0.3, 0.4) is 0 Å². The van der Waals surface area contributed by atoms with Crippen molar-refractivity contribution in [1.82, 2.24) is 0 Å². The molecule has 0 aromatic heterocycles. The summed E-state index contributed by atoms with van der Waals surface area (Å²) in [6.07, 6.45) is 31.5. The number of unbranched alkanes of at least 4 members (excludes halogenated alkanes) is 18. The van der Waals surface area contributed by atoms with Crippen LogP contribution in [-0.4, -0.2) is 38.6 Å². The zero-order valence-corrected chi connectivity index (χ0v) is 23.6. The Morgan fingerprint density at radius 2 is 0.706 bits per heavy atom. The third-order valence-corrected chi connectivity index (χ3v) is 7.61. The van der Waals surface area contributed by atoms with Gasteiger partial charge in [-0.3, -0.25) is 0 Å². The minimum Gasteiger partial charge on any atom is -0.381 e. The lowest BCUT2D eigenvalue weighted by molar-refractivity contribution is -0.0924. The maximum atomic E-state index is 6.26. The van der Waals surface area contributed by atoms with Gasteiger partial charge in [0, 0.05) is 20.3 Å². The van der Waals surface area contributed by atoms with E-state index >= 15 is 0 Å². The second-order valence-corrected chi connectivity index (χ2v) is 10.9. The van der Waals surface area contributed by atoms with E-state index in [1.54, 1.807) is 0 Å². The zero-order chi connectivity index (χ0) is 24.5. The van der Waals surface area contributed by atoms with Gasteiger partial charge in [0.2, 0.25) is 0 Å². The Morgan fingerprint density at radius 3 is 1.03 bits per heavy atom. The lowest BCUT2D eigenvalue weighted by Crippen LogP contribution is -2.37. The first-order valence-corrected chi connectivity index (χ1v) is 15.6. The van der Waals surface area contributed by atoms with Gasteiger partial charge in [-0.1, -0.05) is 129 Å². The van der Waals surface area contributed by atoms with Gasteiger partial charge in [0.05, 0.1) is 18.3 Å². The fourth-order valence-corrected chi connectivity index (χ4v) is 5.31. The zero-order valence-electron chi connectivity index (χ0n) is 23.6. The maximum absolute atomic E-state index is 6.26. The van der Waals surface area contributed by atoms with E-state index < -0.39 is 0 Å². The number of hydrogen-bond acceptors (Lipinski definition) is 3. The van der Waals surface area contributed by atoms with Gasteiger partial charge in [-0.2, -0.15) is 0 Å². The third kappa shape index (κ3) is 19.1. The Labute approximate surface area is 214 Å². The summed E-state index contributed by atoms with van der Waals surface area (Å²) in [5.41, 5.74) is 0. The predicted molar refractivity (Wildman–Crippen MR) is 148 cm³/mol. The van der Waals surface area contributed by atoms with Gasteiger partial charge in [-0.25, -0.2) is 0 Å². The largest absolute Gasteiger partial charge is 0.381 e. The molecular weight excluding hydrogens is 420 g/mol. The molecule has 0 spiro atoms. The van der Waals surface area contributed by atoms with Crippen molar-refractivity contribution in [3.05, 3.63) is 0 Å². The van der Waals surface area contributed by atoms with Crippen LogP contribution in [0, 0.1) is 0 Å². The van der Waals surface area contributed by atoms with Crippen molar-refractivity contribution in [2.75, 3.05) is 20.3 Å². The minimum atomic E-state index is 0.296. The summed E-state index contributed by atoms with van der Waals surface area (Å²) in [6.45, 7) is 6.39. The Hall–Kier alpha value is -0.120. The summed E-state index contributed by atoms with van der Waals surface area (Å²) in [7, 11) is 1.84. The Kier molecular flexibility index (Phi) is 23.1. The predicted octanol–water partition coefficient (Wildman–Crippen LogP) is 9.80. The van der Waals surface area contributed by atoms with Gasteiger partial charge >= 0.3 is 0 Å². The van der Waals surface area contributed by atoms with Crippen LogP contribution < -0.4 is 0 Å². The van der Waals surface area contributed by atoms with Crippen molar-refractivity contribution < 1.29 is 14.2 Å². The number of ether oxygens (including phenoxy) is 3. The number of methoxy groups -OCH3 is 1. The highest BCUT2D eigenvalue weighted by atomic mass is 16.5. The van der Waals surface area contributed by atoms with Crippen LogP contribution in [0.4, 0.5) is 0 Å².